The van der Waals surface area contributed by atoms with Crippen molar-refractivity contribution in [1.82, 2.24) is 0 Å². The van der Waals surface area contributed by atoms with Crippen LogP contribution < -0.4 is 5.32 Å². The molecule has 0 saturated carbocycles. The van der Waals surface area contributed by atoms with E-state index in [0.29, 0.717) is 11.3 Å². The van der Waals surface area contributed by atoms with Crippen molar-refractivity contribution >= 4 is 40.7 Å². The number of amides is 1. The number of anilines is 1. The number of fused-ring (bicyclic) bond motifs is 2. The highest BCUT2D eigenvalue weighted by molar-refractivity contribution is 7.58. The Morgan fingerprint density at radius 1 is 1.07 bits per heavy atom. The highest BCUT2D eigenvalue weighted by atomic mass is 31.2. The van der Waals surface area contributed by atoms with Crippen LogP contribution >= 0.6 is 7.37 Å². The fraction of sp³-hybridized carbons (Fsp3) is 0.0952. The minimum Gasteiger partial charge on any atom is -0.507 e. The number of phenols is 1. The number of hydrogen-bond donors (Lipinski definition) is 3. The van der Waals surface area contributed by atoms with Gasteiger partial charge in [0.15, 0.2) is 0 Å². The smallest absolute Gasteiger partial charge is 0.241 e. The summed E-state index contributed by atoms with van der Waals surface area (Å²) in [6, 6.07) is 17.7. The van der Waals surface area contributed by atoms with E-state index in [4.69, 9.17) is 4.42 Å². The summed E-state index contributed by atoms with van der Waals surface area (Å²) in [5.41, 5.74) is -0.348. The van der Waals surface area contributed by atoms with Crippen LogP contribution in [0.5, 0.6) is 5.75 Å². The van der Waals surface area contributed by atoms with E-state index < -0.39 is 18.9 Å². The summed E-state index contributed by atoms with van der Waals surface area (Å²) in [5, 5.41) is 15.1. The molecule has 0 fully saturated rings. The predicted molar refractivity (Wildman–Crippen MR) is 109 cm³/mol. The first kappa shape index (κ1) is 18.3. The van der Waals surface area contributed by atoms with Gasteiger partial charge in [-0.25, -0.2) is 0 Å². The van der Waals surface area contributed by atoms with E-state index in [1.165, 1.54) is 12.3 Å². The van der Waals surface area contributed by atoms with E-state index >= 15 is 0 Å². The molecule has 3 aromatic carbocycles. The Morgan fingerprint density at radius 3 is 2.57 bits per heavy atom. The first-order chi connectivity index (χ1) is 13.3. The number of aromatic hydroxyl groups is 1. The molecule has 2 atom stereocenters. The minimum atomic E-state index is -3.91. The molecule has 4 aromatic rings. The number of rotatable bonds is 4. The summed E-state index contributed by atoms with van der Waals surface area (Å²) >= 11 is 0. The van der Waals surface area contributed by atoms with E-state index in [1.807, 2.05) is 30.3 Å². The number of carbonyl (C=O) groups excluding carboxylic acids is 1. The highest BCUT2D eigenvalue weighted by Gasteiger charge is 2.37. The van der Waals surface area contributed by atoms with Gasteiger partial charge in [-0.2, -0.15) is 0 Å². The van der Waals surface area contributed by atoms with Crippen LogP contribution in [-0.4, -0.2) is 22.6 Å². The normalized spacial score (nSPS) is 14.6. The third-order valence-corrected chi connectivity index (χ3v) is 6.12. The first-order valence-corrected chi connectivity index (χ1v) is 10.8. The zero-order valence-electron chi connectivity index (χ0n) is 15.0. The summed E-state index contributed by atoms with van der Waals surface area (Å²) in [6.07, 6.45) is 1.25. The molecule has 4 rings (SSSR count). The van der Waals surface area contributed by atoms with Crippen LogP contribution in [0.4, 0.5) is 5.69 Å². The van der Waals surface area contributed by atoms with Gasteiger partial charge in [-0.05, 0) is 35.0 Å². The van der Waals surface area contributed by atoms with Crippen LogP contribution in [0.3, 0.4) is 0 Å². The highest BCUT2D eigenvalue weighted by Crippen LogP contribution is 2.55. The molecule has 2 unspecified atom stereocenters. The topological polar surface area (TPSA) is 99.8 Å². The van der Waals surface area contributed by atoms with Gasteiger partial charge >= 0.3 is 0 Å². The number of furan rings is 1. The number of phenolic OH excluding ortho intramolecular Hbond substituents is 1. The van der Waals surface area contributed by atoms with Gasteiger partial charge in [0.25, 0.3) is 0 Å². The van der Waals surface area contributed by atoms with Gasteiger partial charge in [-0.15, -0.1) is 0 Å². The Labute approximate surface area is 160 Å². The summed E-state index contributed by atoms with van der Waals surface area (Å²) in [7, 11) is -3.91. The largest absolute Gasteiger partial charge is 0.507 e. The van der Waals surface area contributed by atoms with Crippen molar-refractivity contribution in [2.75, 3.05) is 12.0 Å². The Bertz CT molecular complexity index is 1240. The molecule has 0 spiro atoms. The Hall–Kier alpha value is -3.08. The van der Waals surface area contributed by atoms with Gasteiger partial charge < -0.3 is 19.7 Å². The van der Waals surface area contributed by atoms with E-state index in [9.17, 15) is 19.4 Å². The second-order valence-corrected chi connectivity index (χ2v) is 9.14. The fourth-order valence-electron chi connectivity index (χ4n) is 3.39. The molecular weight excluding hydrogens is 377 g/mol. The molecule has 0 aliphatic carbocycles. The van der Waals surface area contributed by atoms with Crippen LogP contribution in [0.1, 0.15) is 11.2 Å². The molecule has 0 saturated heterocycles. The van der Waals surface area contributed by atoms with Crippen LogP contribution in [0.15, 0.2) is 71.3 Å². The molecule has 6 nitrogen and oxygen atoms in total. The molecule has 0 aliphatic rings. The van der Waals surface area contributed by atoms with Gasteiger partial charge in [0.05, 0.1) is 11.6 Å². The maximum absolute atomic E-state index is 13.0. The zero-order valence-corrected chi connectivity index (χ0v) is 15.9. The number of hydrogen-bond acceptors (Lipinski definition) is 4. The Morgan fingerprint density at radius 2 is 1.82 bits per heavy atom. The van der Waals surface area contributed by atoms with Crippen molar-refractivity contribution in [3.63, 3.8) is 0 Å². The van der Waals surface area contributed by atoms with Gasteiger partial charge in [0, 0.05) is 17.9 Å². The van der Waals surface area contributed by atoms with Crippen LogP contribution in [0.2, 0.25) is 0 Å². The molecule has 0 aliphatic heterocycles. The Kier molecular flexibility index (Phi) is 4.46. The van der Waals surface area contributed by atoms with Crippen molar-refractivity contribution < 1.29 is 23.8 Å². The molecular formula is C21H18NO5P. The maximum Gasteiger partial charge on any atom is 0.241 e. The second-order valence-electron chi connectivity index (χ2n) is 6.74. The molecule has 7 heteroatoms. The van der Waals surface area contributed by atoms with Gasteiger partial charge in [-0.3, -0.25) is 9.36 Å². The lowest BCUT2D eigenvalue weighted by atomic mass is 10.1. The van der Waals surface area contributed by atoms with Crippen molar-refractivity contribution in [1.29, 1.82) is 0 Å². The molecule has 0 radical (unpaired) electrons. The second kappa shape index (κ2) is 6.82. The van der Waals surface area contributed by atoms with Gasteiger partial charge in [0.1, 0.15) is 17.0 Å². The van der Waals surface area contributed by atoms with Crippen molar-refractivity contribution in [2.45, 2.75) is 5.66 Å². The quantitative estimate of drug-likeness (QED) is 0.428. The summed E-state index contributed by atoms with van der Waals surface area (Å²) in [4.78, 5) is 23.3. The van der Waals surface area contributed by atoms with Crippen LogP contribution in [0, 0.1) is 0 Å². The average Bonchev–Trinajstić information content (AvgIpc) is 3.05. The fourth-order valence-corrected chi connectivity index (χ4v) is 4.60. The molecule has 3 N–H and O–H groups in total. The van der Waals surface area contributed by atoms with Gasteiger partial charge in [-0.1, -0.05) is 36.4 Å². The van der Waals surface area contributed by atoms with Crippen molar-refractivity contribution in [3.8, 4) is 5.75 Å². The predicted octanol–water partition coefficient (Wildman–Crippen LogP) is 4.87. The minimum absolute atomic E-state index is 0.113. The molecule has 0 bridgehead atoms. The number of nitrogens with one attached hydrogen (secondary N) is 1. The monoisotopic (exact) mass is 395 g/mol. The lowest BCUT2D eigenvalue weighted by molar-refractivity contribution is -0.116. The molecule has 1 heterocycles. The lowest BCUT2D eigenvalue weighted by Gasteiger charge is -2.19. The summed E-state index contributed by atoms with van der Waals surface area (Å²) < 4.78 is 18.0. The van der Waals surface area contributed by atoms with Crippen molar-refractivity contribution in [2.24, 2.45) is 0 Å². The van der Waals surface area contributed by atoms with E-state index in [0.717, 1.165) is 17.4 Å². The van der Waals surface area contributed by atoms with Crippen molar-refractivity contribution in [3.05, 3.63) is 72.5 Å². The van der Waals surface area contributed by atoms with E-state index in [2.05, 4.69) is 5.32 Å². The maximum atomic E-state index is 13.0. The third-order valence-electron chi connectivity index (χ3n) is 4.64. The summed E-state index contributed by atoms with van der Waals surface area (Å²) in [6.45, 7) is 1.12. The zero-order chi connectivity index (χ0) is 19.9. The molecule has 142 valence electrons. The van der Waals surface area contributed by atoms with Crippen LogP contribution in [-0.2, 0) is 9.36 Å². The molecule has 28 heavy (non-hydrogen) atoms. The van der Waals surface area contributed by atoms with Crippen LogP contribution in [0.25, 0.3) is 21.7 Å². The third kappa shape index (κ3) is 3.28. The number of carbonyl (C=O) groups is 1. The lowest BCUT2D eigenvalue weighted by Crippen LogP contribution is -2.21. The Balaban J connectivity index is 1.75. The van der Waals surface area contributed by atoms with E-state index in [1.54, 1.807) is 24.3 Å². The SMILES string of the molecule is CP(=O)(O)C(C(=O)Nc1ccc2ccccc2c1)c1coc2cccc(O)c12. The molecule has 1 amide bonds. The number of benzene rings is 3. The van der Waals surface area contributed by atoms with Gasteiger partial charge in [0.2, 0.25) is 13.3 Å². The molecule has 1 aromatic heterocycles. The first-order valence-electron chi connectivity index (χ1n) is 8.63. The average molecular weight is 395 g/mol. The summed E-state index contributed by atoms with van der Waals surface area (Å²) in [5.74, 6) is -0.757. The standard InChI is InChI=1S/C21H18NO5P/c1-28(25,26)20(16-12-27-18-8-4-7-17(23)19(16)18)21(24)22-15-10-9-13-5-2-3-6-14(13)11-15/h2-12,20,23H,1H3,(H,22,24)(H,25,26). The van der Waals surface area contributed by atoms with E-state index in [-0.39, 0.29) is 16.7 Å².